The van der Waals surface area contributed by atoms with Crippen molar-refractivity contribution < 1.29 is 19.2 Å². The molecule has 1 fully saturated rings. The van der Waals surface area contributed by atoms with E-state index in [1.807, 2.05) is 58.0 Å². The summed E-state index contributed by atoms with van der Waals surface area (Å²) in [4.78, 5) is 40.9. The third-order valence-corrected chi connectivity index (χ3v) is 8.67. The molecule has 0 radical (unpaired) electrons. The maximum atomic E-state index is 13.0. The number of aromatic amines is 1. The molecule has 228 valence electrons. The summed E-state index contributed by atoms with van der Waals surface area (Å²) >= 11 is 0. The van der Waals surface area contributed by atoms with E-state index in [2.05, 4.69) is 34.6 Å². The molecule has 0 spiro atoms. The molecule has 44 heavy (non-hydrogen) atoms. The van der Waals surface area contributed by atoms with Gasteiger partial charge in [0.05, 0.1) is 11.1 Å². The highest BCUT2D eigenvalue weighted by Crippen LogP contribution is 2.45. The van der Waals surface area contributed by atoms with Crippen molar-refractivity contribution in [3.8, 4) is 0 Å². The van der Waals surface area contributed by atoms with Crippen LogP contribution in [0.1, 0.15) is 62.3 Å². The lowest BCUT2D eigenvalue weighted by Gasteiger charge is -2.43. The smallest absolute Gasteiger partial charge is 0.410 e. The van der Waals surface area contributed by atoms with E-state index in [4.69, 9.17) is 10.5 Å². The van der Waals surface area contributed by atoms with Gasteiger partial charge in [0.15, 0.2) is 0 Å². The zero-order chi connectivity index (χ0) is 31.6. The van der Waals surface area contributed by atoms with Gasteiger partial charge in [-0.05, 0) is 79.5 Å². The number of amides is 2. The summed E-state index contributed by atoms with van der Waals surface area (Å²) in [5.74, 6) is -0.459. The number of anilines is 2. The minimum atomic E-state index is -0.549. The van der Waals surface area contributed by atoms with Crippen molar-refractivity contribution in [3.63, 3.8) is 0 Å². The van der Waals surface area contributed by atoms with Crippen LogP contribution >= 0.6 is 0 Å². The first-order valence-corrected chi connectivity index (χ1v) is 14.6. The fourth-order valence-electron chi connectivity index (χ4n) is 6.11. The number of likely N-dealkylation sites (tertiary alicyclic amines) is 1. The van der Waals surface area contributed by atoms with E-state index >= 15 is 0 Å². The normalized spacial score (nSPS) is 14.2. The number of hydrogen-bond acceptors (Lipinski definition) is 6. The average molecular weight is 596 g/mol. The third kappa shape index (κ3) is 6.01. The molecule has 4 aromatic rings. The van der Waals surface area contributed by atoms with E-state index in [1.165, 1.54) is 12.3 Å². The second kappa shape index (κ2) is 12.2. The number of nitrogens with zero attached hydrogens (tertiary/aromatic N) is 2. The number of nitrogens with two attached hydrogens (primary N) is 1. The highest BCUT2D eigenvalue weighted by Gasteiger charge is 2.40. The first-order chi connectivity index (χ1) is 21.0. The van der Waals surface area contributed by atoms with Crippen LogP contribution in [0.15, 0.2) is 66.9 Å². The van der Waals surface area contributed by atoms with Gasteiger partial charge in [0.2, 0.25) is 0 Å². The molecule has 0 unspecified atom stereocenters. The number of nitrogen functional groups attached to an aromatic ring is 1. The van der Waals surface area contributed by atoms with Gasteiger partial charge in [0.1, 0.15) is 12.3 Å². The number of piperidine rings is 1. The molecule has 0 bridgehead atoms. The van der Waals surface area contributed by atoms with Gasteiger partial charge in [-0.3, -0.25) is 14.9 Å². The van der Waals surface area contributed by atoms with Crippen molar-refractivity contribution >= 4 is 29.1 Å². The number of aromatic nitrogens is 1. The van der Waals surface area contributed by atoms with Crippen LogP contribution in [0.4, 0.5) is 21.9 Å². The Morgan fingerprint density at radius 2 is 1.52 bits per heavy atom. The van der Waals surface area contributed by atoms with Gasteiger partial charge in [-0.25, -0.2) is 4.79 Å². The number of rotatable bonds is 7. The summed E-state index contributed by atoms with van der Waals surface area (Å²) in [5, 5.41) is 14.0. The molecule has 3 aromatic carbocycles. The van der Waals surface area contributed by atoms with Crippen LogP contribution in [0.2, 0.25) is 0 Å². The number of nitro groups is 1. The molecule has 10 heteroatoms. The van der Waals surface area contributed by atoms with Crippen molar-refractivity contribution in [2.45, 2.75) is 52.6 Å². The lowest BCUT2D eigenvalue weighted by atomic mass is 9.67. The predicted octanol–water partition coefficient (Wildman–Crippen LogP) is 6.71. The lowest BCUT2D eigenvalue weighted by molar-refractivity contribution is -0.384. The molecular weight excluding hydrogens is 558 g/mol. The fraction of sp³-hybridized carbons (Fsp3) is 0.294. The Morgan fingerprint density at radius 1 is 0.955 bits per heavy atom. The Kier molecular flexibility index (Phi) is 8.44. The highest BCUT2D eigenvalue weighted by molar-refractivity contribution is 6.04. The number of carbonyl (C=O) groups excluding carboxylic acids is 2. The Balaban J connectivity index is 1.43. The van der Waals surface area contributed by atoms with Gasteiger partial charge in [-0.1, -0.05) is 54.6 Å². The van der Waals surface area contributed by atoms with Gasteiger partial charge in [0.25, 0.3) is 11.6 Å². The van der Waals surface area contributed by atoms with Gasteiger partial charge in [0, 0.05) is 35.9 Å². The van der Waals surface area contributed by atoms with Crippen LogP contribution in [0.3, 0.4) is 0 Å². The Morgan fingerprint density at radius 3 is 2.07 bits per heavy atom. The fourth-order valence-corrected chi connectivity index (χ4v) is 6.11. The number of ether oxygens (including phenoxy) is 1. The number of aryl methyl sites for hydroxylation is 4. The summed E-state index contributed by atoms with van der Waals surface area (Å²) in [6, 6.07) is 19.3. The van der Waals surface area contributed by atoms with E-state index in [1.54, 1.807) is 4.90 Å². The van der Waals surface area contributed by atoms with Crippen LogP contribution in [0.25, 0.3) is 0 Å². The maximum absolute atomic E-state index is 13.0. The monoisotopic (exact) mass is 595 g/mol. The van der Waals surface area contributed by atoms with E-state index in [-0.39, 0.29) is 24.1 Å². The molecule has 1 aliphatic heterocycles. The lowest BCUT2D eigenvalue weighted by Crippen LogP contribution is -2.46. The van der Waals surface area contributed by atoms with Crippen molar-refractivity contribution in [3.05, 3.63) is 122 Å². The topological polar surface area (TPSA) is 144 Å². The molecule has 1 aromatic heterocycles. The summed E-state index contributed by atoms with van der Waals surface area (Å²) in [7, 11) is 0. The first kappa shape index (κ1) is 30.3. The van der Waals surface area contributed by atoms with Crippen LogP contribution < -0.4 is 11.1 Å². The molecule has 0 aliphatic carbocycles. The molecule has 1 saturated heterocycles. The minimum Gasteiger partial charge on any atom is -0.445 e. The van der Waals surface area contributed by atoms with Gasteiger partial charge >= 0.3 is 6.09 Å². The van der Waals surface area contributed by atoms with Crippen molar-refractivity contribution in [1.29, 1.82) is 0 Å². The predicted molar refractivity (Wildman–Crippen MR) is 170 cm³/mol. The van der Waals surface area contributed by atoms with Crippen molar-refractivity contribution in [2.75, 3.05) is 24.1 Å². The Labute approximate surface area is 256 Å². The zero-order valence-corrected chi connectivity index (χ0v) is 25.4. The SMILES string of the molecule is Cc1cc(C2(c3cc(C)c(NC(=O)c4cc([N+](=O)[O-])c[nH]4)c(C)c3)CCN(C(=O)OCc3ccccc3)CC2)cc(C)c1N. The Hall–Kier alpha value is -5.12. The van der Waals surface area contributed by atoms with Crippen molar-refractivity contribution in [1.82, 2.24) is 9.88 Å². The van der Waals surface area contributed by atoms with E-state index in [0.717, 1.165) is 44.6 Å². The van der Waals surface area contributed by atoms with Gasteiger partial charge in [-0.15, -0.1) is 0 Å². The molecule has 4 N–H and O–H groups in total. The summed E-state index contributed by atoms with van der Waals surface area (Å²) in [6.07, 6.45) is 2.21. The summed E-state index contributed by atoms with van der Waals surface area (Å²) < 4.78 is 5.63. The first-order valence-electron chi connectivity index (χ1n) is 14.6. The van der Waals surface area contributed by atoms with Gasteiger partial charge in [-0.2, -0.15) is 0 Å². The average Bonchev–Trinajstić information content (AvgIpc) is 3.52. The standard InChI is InChI=1S/C34H37N5O5/c1-21-14-26(15-22(2)30(21)35)34(10-12-38(13-11-34)33(41)44-20-25-8-6-5-7-9-25)27-16-23(3)31(24(4)17-27)37-32(40)29-18-28(19-36-29)39(42)43/h5-9,14-19,36H,10-13,20,35H2,1-4H3,(H,37,40). The minimum absolute atomic E-state index is 0.107. The summed E-state index contributed by atoms with van der Waals surface area (Å²) in [5.41, 5.74) is 14.2. The molecule has 2 amide bonds. The van der Waals surface area contributed by atoms with Gasteiger partial charge < -0.3 is 25.7 Å². The quantitative estimate of drug-likeness (QED) is 0.123. The molecule has 0 atom stereocenters. The number of H-pyrrole nitrogens is 1. The van der Waals surface area contributed by atoms with E-state index in [0.29, 0.717) is 31.6 Å². The molecule has 10 nitrogen and oxygen atoms in total. The largest absolute Gasteiger partial charge is 0.445 e. The van der Waals surface area contributed by atoms with E-state index < -0.39 is 16.2 Å². The Bertz CT molecular complexity index is 1680. The number of benzene rings is 3. The van der Waals surface area contributed by atoms with Crippen LogP contribution in [0, 0.1) is 37.8 Å². The summed E-state index contributed by atoms with van der Waals surface area (Å²) in [6.45, 7) is 9.14. The van der Waals surface area contributed by atoms with Crippen LogP contribution in [-0.2, 0) is 16.8 Å². The molecular formula is C34H37N5O5. The second-order valence-electron chi connectivity index (χ2n) is 11.6. The zero-order valence-electron chi connectivity index (χ0n) is 25.4. The molecule has 2 heterocycles. The maximum Gasteiger partial charge on any atom is 0.410 e. The number of hydrogen-bond donors (Lipinski definition) is 3. The molecule has 5 rings (SSSR count). The molecule has 0 saturated carbocycles. The number of carbonyl (C=O) groups is 2. The second-order valence-corrected chi connectivity index (χ2v) is 11.6. The van der Waals surface area contributed by atoms with Crippen LogP contribution in [-0.4, -0.2) is 39.9 Å². The highest BCUT2D eigenvalue weighted by atomic mass is 16.6. The van der Waals surface area contributed by atoms with E-state index in [9.17, 15) is 19.7 Å². The molecule has 1 aliphatic rings. The third-order valence-electron chi connectivity index (χ3n) is 8.67. The van der Waals surface area contributed by atoms with Crippen LogP contribution in [0.5, 0.6) is 0 Å². The van der Waals surface area contributed by atoms with Crippen molar-refractivity contribution in [2.24, 2.45) is 0 Å². The number of nitrogens with one attached hydrogen (secondary N) is 2.